The van der Waals surface area contributed by atoms with Crippen LogP contribution in [0.1, 0.15) is 29.8 Å². The molecule has 4 N–H and O–H groups in total. The molecule has 194 valence electrons. The fourth-order valence-corrected chi connectivity index (χ4v) is 5.39. The third-order valence-corrected chi connectivity index (χ3v) is 7.40. The summed E-state index contributed by atoms with van der Waals surface area (Å²) in [4.78, 5) is 24.1. The predicted octanol–water partition coefficient (Wildman–Crippen LogP) is 3.40. The predicted molar refractivity (Wildman–Crippen MR) is 136 cm³/mol. The second-order valence-corrected chi connectivity index (χ2v) is 10.1. The Balaban J connectivity index is 1.49. The average Bonchev–Trinajstić information content (AvgIpc) is 3.24. The van der Waals surface area contributed by atoms with Gasteiger partial charge in [0.15, 0.2) is 0 Å². The quantitative estimate of drug-likeness (QED) is 0.513. The lowest BCUT2D eigenvalue weighted by molar-refractivity contribution is 0.0958. The van der Waals surface area contributed by atoms with Gasteiger partial charge in [-0.2, -0.15) is 0 Å². The van der Waals surface area contributed by atoms with Gasteiger partial charge in [-0.25, -0.2) is 18.2 Å². The topological polar surface area (TPSA) is 104 Å². The van der Waals surface area contributed by atoms with Gasteiger partial charge in [0.25, 0.3) is 5.91 Å². The molecule has 5 rings (SSSR count). The van der Waals surface area contributed by atoms with Crippen LogP contribution in [-0.2, 0) is 0 Å². The van der Waals surface area contributed by atoms with E-state index in [1.807, 2.05) is 6.08 Å². The highest BCUT2D eigenvalue weighted by molar-refractivity contribution is 7.98. The first-order valence-electron chi connectivity index (χ1n) is 11.9. The molecular weight excluding hydrogens is 503 g/mol. The Labute approximate surface area is 216 Å². The molecule has 1 unspecified atom stereocenters. The fraction of sp³-hybridized carbons (Fsp3) is 0.346. The Kier molecular flexibility index (Phi) is 7.11. The Morgan fingerprint density at radius 2 is 1.97 bits per heavy atom. The van der Waals surface area contributed by atoms with E-state index in [0.29, 0.717) is 29.3 Å². The zero-order valence-electron chi connectivity index (χ0n) is 20.1. The number of likely N-dealkylation sites (tertiary alicyclic amines) is 1. The normalized spacial score (nSPS) is 21.5. The molecule has 2 atom stereocenters. The number of thioether (sulfide) groups is 1. The number of aliphatic imine (C=N–C) groups is 1. The van der Waals surface area contributed by atoms with Crippen LogP contribution in [0.2, 0.25) is 0 Å². The molecule has 1 amide bonds. The summed E-state index contributed by atoms with van der Waals surface area (Å²) in [6.07, 6.45) is 5.05. The molecule has 0 spiro atoms. The monoisotopic (exact) mass is 529 g/mol. The molecule has 0 radical (unpaired) electrons. The average molecular weight is 530 g/mol. The van der Waals surface area contributed by atoms with Crippen molar-refractivity contribution in [1.82, 2.24) is 15.2 Å². The minimum Gasteiger partial charge on any atom is -0.386 e. The molecule has 1 aliphatic carbocycles. The number of nitrogens with one attached hydrogen (secondary N) is 1. The first-order valence-corrected chi connectivity index (χ1v) is 13.2. The van der Waals surface area contributed by atoms with Gasteiger partial charge in [0.2, 0.25) is 0 Å². The molecule has 3 aliphatic rings. The van der Waals surface area contributed by atoms with Crippen molar-refractivity contribution in [2.24, 2.45) is 10.7 Å². The van der Waals surface area contributed by atoms with E-state index in [1.165, 1.54) is 0 Å². The van der Waals surface area contributed by atoms with Gasteiger partial charge in [-0.1, -0.05) is 6.08 Å². The number of dihydropyridines is 1. The minimum atomic E-state index is -0.972. The molecule has 2 aliphatic heterocycles. The number of aliphatic hydroxyl groups excluding tert-OH is 1. The van der Waals surface area contributed by atoms with Gasteiger partial charge < -0.3 is 21.1 Å². The summed E-state index contributed by atoms with van der Waals surface area (Å²) < 4.78 is 44.0. The van der Waals surface area contributed by atoms with Gasteiger partial charge in [0.1, 0.15) is 28.8 Å². The lowest BCUT2D eigenvalue weighted by atomic mass is 9.98. The molecule has 7 nitrogen and oxygen atoms in total. The van der Waals surface area contributed by atoms with Crippen LogP contribution < -0.4 is 11.1 Å². The van der Waals surface area contributed by atoms with Crippen molar-refractivity contribution in [2.45, 2.75) is 36.3 Å². The Bertz CT molecular complexity index is 1340. The highest BCUT2D eigenvalue weighted by atomic mass is 32.2. The lowest BCUT2D eigenvalue weighted by Gasteiger charge is -2.37. The number of carbonyl (C=O) groups is 1. The van der Waals surface area contributed by atoms with Crippen LogP contribution in [-0.4, -0.2) is 64.6 Å². The van der Waals surface area contributed by atoms with Crippen molar-refractivity contribution in [3.63, 3.8) is 0 Å². The van der Waals surface area contributed by atoms with Crippen LogP contribution in [0.15, 0.2) is 57.2 Å². The number of aliphatic hydroxyl groups is 1. The van der Waals surface area contributed by atoms with E-state index < -0.39 is 40.7 Å². The Morgan fingerprint density at radius 1 is 1.22 bits per heavy atom. The number of benzene rings is 1. The molecule has 0 bridgehead atoms. The summed E-state index contributed by atoms with van der Waals surface area (Å²) in [5.41, 5.74) is 7.36. The zero-order valence-corrected chi connectivity index (χ0v) is 20.9. The van der Waals surface area contributed by atoms with Gasteiger partial charge in [0.05, 0.1) is 35.3 Å². The van der Waals surface area contributed by atoms with E-state index in [4.69, 9.17) is 5.73 Å². The van der Waals surface area contributed by atoms with Crippen molar-refractivity contribution in [3.8, 4) is 11.3 Å². The van der Waals surface area contributed by atoms with Gasteiger partial charge in [-0.3, -0.25) is 9.79 Å². The maximum atomic E-state index is 14.7. The number of hydrogen-bond donors (Lipinski definition) is 3. The molecular formula is C26H26F3N5O2S. The van der Waals surface area contributed by atoms with Crippen LogP contribution in [0.25, 0.3) is 11.3 Å². The van der Waals surface area contributed by atoms with Crippen molar-refractivity contribution in [2.75, 3.05) is 25.9 Å². The van der Waals surface area contributed by atoms with Crippen molar-refractivity contribution in [1.29, 1.82) is 0 Å². The van der Waals surface area contributed by atoms with E-state index in [-0.39, 0.29) is 18.3 Å². The first-order chi connectivity index (χ1) is 17.8. The van der Waals surface area contributed by atoms with Crippen LogP contribution in [0, 0.1) is 17.5 Å². The van der Waals surface area contributed by atoms with Gasteiger partial charge in [-0.05, 0) is 49.8 Å². The van der Waals surface area contributed by atoms with E-state index in [2.05, 4.69) is 20.2 Å². The van der Waals surface area contributed by atoms with Gasteiger partial charge in [-0.15, -0.1) is 11.8 Å². The Morgan fingerprint density at radius 3 is 2.68 bits per heavy atom. The molecule has 1 aromatic carbocycles. The third-order valence-electron chi connectivity index (χ3n) is 6.69. The molecule has 11 heteroatoms. The second kappa shape index (κ2) is 10.3. The number of carbonyl (C=O) groups excluding carboxylic acids is 1. The number of hydrogen-bond acceptors (Lipinski definition) is 7. The molecule has 2 aromatic rings. The van der Waals surface area contributed by atoms with Crippen molar-refractivity contribution < 1.29 is 23.1 Å². The smallest absolute Gasteiger partial charge is 0.274 e. The van der Waals surface area contributed by atoms with E-state index in [0.717, 1.165) is 66.7 Å². The number of nitrogens with two attached hydrogens (primary N) is 1. The minimum absolute atomic E-state index is 0.0314. The fourth-order valence-electron chi connectivity index (χ4n) is 4.95. The van der Waals surface area contributed by atoms with Crippen LogP contribution in [0.3, 0.4) is 0 Å². The molecule has 1 saturated heterocycles. The number of nitrogens with zero attached hydrogens (tertiary/aromatic N) is 3. The third kappa shape index (κ3) is 4.90. The number of amides is 1. The Hall–Kier alpha value is -3.15. The number of piperidine rings is 1. The molecule has 37 heavy (non-hydrogen) atoms. The first kappa shape index (κ1) is 25.5. The SMILES string of the molecule is CSc1cc(F)c(-c2nc(C(=O)NC3=C(N4CCC[C@H](N)C4)C4=CCC(O)C4=NC3)ccc2F)c(F)c1. The van der Waals surface area contributed by atoms with E-state index in [9.17, 15) is 23.1 Å². The lowest BCUT2D eigenvalue weighted by Crippen LogP contribution is -2.45. The summed E-state index contributed by atoms with van der Waals surface area (Å²) in [5.74, 6) is -3.57. The number of fused-ring (bicyclic) bond motifs is 1. The summed E-state index contributed by atoms with van der Waals surface area (Å²) in [6.45, 7) is 1.43. The van der Waals surface area contributed by atoms with Crippen molar-refractivity contribution >= 4 is 23.4 Å². The van der Waals surface area contributed by atoms with E-state index >= 15 is 0 Å². The van der Waals surface area contributed by atoms with Crippen LogP contribution in [0.5, 0.6) is 0 Å². The highest BCUT2D eigenvalue weighted by Crippen LogP contribution is 2.33. The summed E-state index contributed by atoms with van der Waals surface area (Å²) in [7, 11) is 0. The van der Waals surface area contributed by atoms with Crippen LogP contribution >= 0.6 is 11.8 Å². The molecule has 1 aromatic heterocycles. The maximum absolute atomic E-state index is 14.7. The highest BCUT2D eigenvalue weighted by Gasteiger charge is 2.35. The molecule has 0 saturated carbocycles. The number of pyridine rings is 1. The number of allylic oxidation sites excluding steroid dienone is 1. The standard InChI is InChI=1S/C26H26F3N5O2S/c1-37-14-9-17(28)22(18(29)10-14)24-16(27)5-6-19(32-24)26(36)33-20-11-31-23-15(4-7-21(23)35)25(20)34-8-2-3-13(30)12-34/h4-6,9-10,13,21,35H,2-3,7-8,11-12,30H2,1H3,(H,33,36)/t13-,21?/m0/s1. The zero-order chi connectivity index (χ0) is 26.3. The molecule has 3 heterocycles. The second-order valence-electron chi connectivity index (χ2n) is 9.19. The van der Waals surface area contributed by atoms with Gasteiger partial charge in [0, 0.05) is 29.6 Å². The maximum Gasteiger partial charge on any atom is 0.274 e. The number of aromatic nitrogens is 1. The summed E-state index contributed by atoms with van der Waals surface area (Å²) in [5, 5.41) is 13.2. The largest absolute Gasteiger partial charge is 0.386 e. The van der Waals surface area contributed by atoms with Crippen LogP contribution in [0.4, 0.5) is 13.2 Å². The number of halogens is 3. The van der Waals surface area contributed by atoms with Crippen molar-refractivity contribution in [3.05, 3.63) is 70.5 Å². The molecule has 1 fully saturated rings. The van der Waals surface area contributed by atoms with Gasteiger partial charge >= 0.3 is 0 Å². The number of rotatable bonds is 5. The summed E-state index contributed by atoms with van der Waals surface area (Å²) in [6, 6.07) is 4.28. The van der Waals surface area contributed by atoms with E-state index in [1.54, 1.807) is 6.26 Å². The summed E-state index contributed by atoms with van der Waals surface area (Å²) >= 11 is 1.15.